The summed E-state index contributed by atoms with van der Waals surface area (Å²) in [6.45, 7) is 0.717. The Labute approximate surface area is 134 Å². The normalized spacial score (nSPS) is 18.7. The van der Waals surface area contributed by atoms with Gasteiger partial charge in [0.2, 0.25) is 0 Å². The molecular weight excluding hydrogens is 302 g/mol. The average Bonchev–Trinajstić information content (AvgIpc) is 2.58. The third-order valence-corrected chi connectivity index (χ3v) is 3.66. The van der Waals surface area contributed by atoms with E-state index in [2.05, 4.69) is 5.32 Å². The fraction of sp³-hybridized carbons (Fsp3) is 0.500. The minimum Gasteiger partial charge on any atom is -0.497 e. The van der Waals surface area contributed by atoms with E-state index in [4.69, 9.17) is 14.2 Å². The van der Waals surface area contributed by atoms with E-state index < -0.39 is 17.9 Å². The first-order valence-corrected chi connectivity index (χ1v) is 7.47. The van der Waals surface area contributed by atoms with Crippen molar-refractivity contribution in [1.29, 1.82) is 0 Å². The van der Waals surface area contributed by atoms with Crippen LogP contribution in [0.4, 0.5) is 0 Å². The molecule has 0 spiro atoms. The van der Waals surface area contributed by atoms with Gasteiger partial charge >= 0.3 is 5.97 Å². The van der Waals surface area contributed by atoms with Gasteiger partial charge in [-0.15, -0.1) is 0 Å². The molecule has 7 heteroatoms. The van der Waals surface area contributed by atoms with Crippen molar-refractivity contribution < 1.29 is 28.9 Å². The molecule has 1 saturated heterocycles. The number of methoxy groups -OCH3 is 1. The lowest BCUT2D eigenvalue weighted by Gasteiger charge is -2.28. The van der Waals surface area contributed by atoms with Gasteiger partial charge in [0, 0.05) is 18.6 Å². The lowest BCUT2D eigenvalue weighted by molar-refractivity contribution is -0.145. The van der Waals surface area contributed by atoms with E-state index in [0.717, 1.165) is 6.42 Å². The second-order valence-corrected chi connectivity index (χ2v) is 5.33. The van der Waals surface area contributed by atoms with E-state index >= 15 is 0 Å². The van der Waals surface area contributed by atoms with Crippen LogP contribution < -0.4 is 14.8 Å². The zero-order chi connectivity index (χ0) is 16.7. The third-order valence-electron chi connectivity index (χ3n) is 3.66. The Morgan fingerprint density at radius 2 is 2.22 bits per heavy atom. The van der Waals surface area contributed by atoms with Crippen LogP contribution in [0.15, 0.2) is 24.3 Å². The van der Waals surface area contributed by atoms with E-state index in [9.17, 15) is 14.7 Å². The molecular formula is C16H21NO6. The number of rotatable bonds is 7. The van der Waals surface area contributed by atoms with Crippen molar-refractivity contribution in [2.45, 2.75) is 18.9 Å². The van der Waals surface area contributed by atoms with Crippen LogP contribution in [0.25, 0.3) is 0 Å². The summed E-state index contributed by atoms with van der Waals surface area (Å²) < 4.78 is 15.7. The van der Waals surface area contributed by atoms with Gasteiger partial charge < -0.3 is 24.6 Å². The molecule has 1 aromatic carbocycles. The summed E-state index contributed by atoms with van der Waals surface area (Å²) in [7, 11) is 1.54. The van der Waals surface area contributed by atoms with E-state index in [0.29, 0.717) is 31.1 Å². The molecule has 2 atom stereocenters. The van der Waals surface area contributed by atoms with Crippen molar-refractivity contribution in [2.24, 2.45) is 5.92 Å². The van der Waals surface area contributed by atoms with Crippen LogP contribution in [0.1, 0.15) is 12.8 Å². The Morgan fingerprint density at radius 1 is 1.43 bits per heavy atom. The van der Waals surface area contributed by atoms with Crippen LogP contribution in [-0.2, 0) is 14.3 Å². The van der Waals surface area contributed by atoms with Gasteiger partial charge in [0.1, 0.15) is 17.5 Å². The number of hydrogen-bond donors (Lipinski definition) is 2. The third kappa shape index (κ3) is 5.14. The number of amides is 1. The van der Waals surface area contributed by atoms with Crippen LogP contribution >= 0.6 is 0 Å². The Hall–Kier alpha value is -2.28. The predicted octanol–water partition coefficient (Wildman–Crippen LogP) is 1.07. The van der Waals surface area contributed by atoms with E-state index in [1.165, 1.54) is 7.11 Å². The van der Waals surface area contributed by atoms with E-state index in [-0.39, 0.29) is 12.5 Å². The molecule has 7 nitrogen and oxygen atoms in total. The van der Waals surface area contributed by atoms with Crippen LogP contribution in [0, 0.1) is 5.92 Å². The van der Waals surface area contributed by atoms with Gasteiger partial charge in [0.15, 0.2) is 6.61 Å². The summed E-state index contributed by atoms with van der Waals surface area (Å²) in [4.78, 5) is 23.3. The van der Waals surface area contributed by atoms with Crippen molar-refractivity contribution in [3.63, 3.8) is 0 Å². The number of hydrogen-bond acceptors (Lipinski definition) is 5. The monoisotopic (exact) mass is 323 g/mol. The molecule has 1 heterocycles. The molecule has 126 valence electrons. The topological polar surface area (TPSA) is 94.1 Å². The Kier molecular flexibility index (Phi) is 6.22. The van der Waals surface area contributed by atoms with Gasteiger partial charge in [-0.3, -0.25) is 4.79 Å². The number of aliphatic carboxylic acids is 1. The fourth-order valence-electron chi connectivity index (χ4n) is 2.46. The Bertz CT molecular complexity index is 541. The van der Waals surface area contributed by atoms with E-state index in [1.807, 2.05) is 0 Å². The van der Waals surface area contributed by atoms with E-state index in [1.54, 1.807) is 24.3 Å². The molecule has 23 heavy (non-hydrogen) atoms. The van der Waals surface area contributed by atoms with Crippen molar-refractivity contribution in [3.05, 3.63) is 24.3 Å². The molecule has 1 aromatic rings. The van der Waals surface area contributed by atoms with Gasteiger partial charge in [-0.25, -0.2) is 4.79 Å². The van der Waals surface area contributed by atoms with Crippen molar-refractivity contribution >= 4 is 11.9 Å². The number of carbonyl (C=O) groups excluding carboxylic acids is 1. The molecule has 1 aliphatic rings. The largest absolute Gasteiger partial charge is 0.497 e. The highest BCUT2D eigenvalue weighted by Crippen LogP contribution is 2.19. The number of nitrogens with one attached hydrogen (secondary N) is 1. The minimum atomic E-state index is -1.06. The highest BCUT2D eigenvalue weighted by atomic mass is 16.5. The number of benzene rings is 1. The highest BCUT2D eigenvalue weighted by Gasteiger charge is 2.31. The maximum atomic E-state index is 12.0. The quantitative estimate of drug-likeness (QED) is 0.779. The summed E-state index contributed by atoms with van der Waals surface area (Å²) in [5.74, 6) is -0.666. The maximum absolute atomic E-state index is 12.0. The second-order valence-electron chi connectivity index (χ2n) is 5.33. The molecule has 0 aliphatic carbocycles. The molecule has 1 fully saturated rings. The van der Waals surface area contributed by atoms with Crippen LogP contribution in [0.5, 0.6) is 11.5 Å². The number of carboxylic acid groups (broad SMARTS) is 1. The van der Waals surface area contributed by atoms with Gasteiger partial charge in [-0.05, 0) is 25.0 Å². The highest BCUT2D eigenvalue weighted by molar-refractivity contribution is 5.84. The summed E-state index contributed by atoms with van der Waals surface area (Å²) >= 11 is 0. The fourth-order valence-corrected chi connectivity index (χ4v) is 2.46. The minimum absolute atomic E-state index is 0.220. The van der Waals surface area contributed by atoms with Crippen LogP contribution in [0.2, 0.25) is 0 Å². The van der Waals surface area contributed by atoms with Gasteiger partial charge in [-0.1, -0.05) is 6.07 Å². The molecule has 0 radical (unpaired) electrons. The first kappa shape index (κ1) is 17.1. The van der Waals surface area contributed by atoms with Crippen molar-refractivity contribution in [2.75, 3.05) is 26.9 Å². The smallest absolute Gasteiger partial charge is 0.326 e. The molecule has 2 rings (SSSR count). The summed E-state index contributed by atoms with van der Waals surface area (Å²) in [6, 6.07) is 5.88. The number of carboxylic acids is 1. The van der Waals surface area contributed by atoms with Gasteiger partial charge in [-0.2, -0.15) is 0 Å². The molecule has 1 aliphatic heterocycles. The first-order valence-electron chi connectivity index (χ1n) is 7.47. The summed E-state index contributed by atoms with van der Waals surface area (Å²) in [5.41, 5.74) is 0. The average molecular weight is 323 g/mol. The Balaban J connectivity index is 1.87. The predicted molar refractivity (Wildman–Crippen MR) is 81.6 cm³/mol. The van der Waals surface area contributed by atoms with Crippen molar-refractivity contribution in [3.8, 4) is 11.5 Å². The zero-order valence-corrected chi connectivity index (χ0v) is 13.0. The number of ether oxygens (including phenoxy) is 3. The molecule has 2 unspecified atom stereocenters. The number of carbonyl (C=O) groups is 2. The second kappa shape index (κ2) is 8.38. The van der Waals surface area contributed by atoms with Crippen LogP contribution in [0.3, 0.4) is 0 Å². The SMILES string of the molecule is COc1cccc(OCC(=O)NC(C(=O)O)C2CCCOC2)c1. The molecule has 0 saturated carbocycles. The summed E-state index contributed by atoms with van der Waals surface area (Å²) in [5, 5.41) is 11.8. The molecule has 2 N–H and O–H groups in total. The lowest BCUT2D eigenvalue weighted by Crippen LogP contribution is -2.49. The molecule has 0 aromatic heterocycles. The Morgan fingerprint density at radius 3 is 2.87 bits per heavy atom. The standard InChI is InChI=1S/C16H21NO6/c1-21-12-5-2-6-13(8-12)23-10-14(18)17-15(16(19)20)11-4-3-7-22-9-11/h2,5-6,8,11,15H,3-4,7,9-10H2,1H3,(H,17,18)(H,19,20). The van der Waals surface area contributed by atoms with Crippen LogP contribution in [-0.4, -0.2) is 50.0 Å². The summed E-state index contributed by atoms with van der Waals surface area (Å²) in [6.07, 6.45) is 1.51. The maximum Gasteiger partial charge on any atom is 0.326 e. The molecule has 1 amide bonds. The molecule has 0 bridgehead atoms. The lowest BCUT2D eigenvalue weighted by atomic mass is 9.94. The van der Waals surface area contributed by atoms with Gasteiger partial charge in [0.05, 0.1) is 13.7 Å². The zero-order valence-electron chi connectivity index (χ0n) is 13.0. The first-order chi connectivity index (χ1) is 11.1. The van der Waals surface area contributed by atoms with Crippen molar-refractivity contribution in [1.82, 2.24) is 5.32 Å². The van der Waals surface area contributed by atoms with Gasteiger partial charge in [0.25, 0.3) is 5.91 Å².